The second-order valence-electron chi connectivity index (χ2n) is 8.00. The van der Waals surface area contributed by atoms with Crippen LogP contribution in [-0.2, 0) is 4.74 Å². The molecule has 0 aliphatic heterocycles. The quantitative estimate of drug-likeness (QED) is 0.162. The zero-order valence-corrected chi connectivity index (χ0v) is 22.0. The van der Waals surface area contributed by atoms with Gasteiger partial charge in [-0.2, -0.15) is 8.78 Å². The predicted octanol–water partition coefficient (Wildman–Crippen LogP) is 5.74. The van der Waals surface area contributed by atoms with E-state index in [1.54, 1.807) is 68.1 Å². The number of rotatable bonds is 9. The molecule has 0 amide bonds. The number of thioether (sulfide) groups is 2. The Balaban J connectivity index is 1.69. The van der Waals surface area contributed by atoms with Gasteiger partial charge in [0.05, 0.1) is 23.6 Å². The maximum Gasteiger partial charge on any atom is 0.339 e. The molecule has 1 N–H and O–H groups in total. The number of pyridine rings is 1. The lowest BCUT2D eigenvalue weighted by Crippen LogP contribution is -2.16. The topological polar surface area (TPSA) is 103 Å². The number of aromatic nitrogens is 5. The van der Waals surface area contributed by atoms with E-state index in [0.29, 0.717) is 61.4 Å². The molecule has 192 valence electrons. The van der Waals surface area contributed by atoms with E-state index in [2.05, 4.69) is 20.2 Å². The molecule has 0 bridgehead atoms. The summed E-state index contributed by atoms with van der Waals surface area (Å²) in [5.74, 6) is -2.77. The van der Waals surface area contributed by atoms with Gasteiger partial charge in [0.1, 0.15) is 0 Å². The van der Waals surface area contributed by atoms with E-state index in [-0.39, 0.29) is 5.78 Å². The molecule has 0 spiro atoms. The zero-order chi connectivity index (χ0) is 26.7. The smallest absolute Gasteiger partial charge is 0.339 e. The number of nitrogens with one attached hydrogen (secondary N) is 1. The summed E-state index contributed by atoms with van der Waals surface area (Å²) in [5.41, 5.74) is 3.08. The van der Waals surface area contributed by atoms with Crippen molar-refractivity contribution >= 4 is 35.3 Å². The van der Waals surface area contributed by atoms with Crippen molar-refractivity contribution in [1.82, 2.24) is 24.7 Å². The molecule has 0 saturated heterocycles. The minimum Gasteiger partial charge on any atom is -0.465 e. The SMILES string of the molecule is COC(=O)c1c(C)[nH]c(C(=O)C(C)Sc2nnc(-c3cccnc3)n2-c2ccc(SC(F)F)cc2)c1C. The monoisotopic (exact) mass is 543 g/mol. The minimum absolute atomic E-state index is 0.220. The van der Waals surface area contributed by atoms with Crippen molar-refractivity contribution in [3.8, 4) is 17.1 Å². The fraction of sp³-hybridized carbons (Fsp3) is 0.240. The van der Waals surface area contributed by atoms with Crippen LogP contribution in [-0.4, -0.2) is 54.6 Å². The summed E-state index contributed by atoms with van der Waals surface area (Å²) in [6.07, 6.45) is 3.28. The first-order valence-corrected chi connectivity index (χ1v) is 12.9. The molecule has 4 aromatic rings. The summed E-state index contributed by atoms with van der Waals surface area (Å²) in [6.45, 7) is 5.15. The first kappa shape index (κ1) is 26.6. The van der Waals surface area contributed by atoms with Crippen LogP contribution in [0.1, 0.15) is 39.0 Å². The molecule has 0 saturated carbocycles. The molecule has 12 heteroatoms. The highest BCUT2D eigenvalue weighted by Crippen LogP contribution is 2.33. The molecule has 0 aliphatic carbocycles. The maximum atomic E-state index is 13.4. The van der Waals surface area contributed by atoms with Crippen LogP contribution in [0.15, 0.2) is 58.8 Å². The number of alkyl halides is 2. The molecule has 0 fully saturated rings. The molecule has 3 aromatic heterocycles. The van der Waals surface area contributed by atoms with Crippen molar-refractivity contribution in [3.63, 3.8) is 0 Å². The highest BCUT2D eigenvalue weighted by Gasteiger charge is 2.28. The molecule has 1 aromatic carbocycles. The Hall–Kier alpha value is -3.51. The van der Waals surface area contributed by atoms with Gasteiger partial charge >= 0.3 is 5.97 Å². The highest BCUT2D eigenvalue weighted by atomic mass is 32.2. The van der Waals surface area contributed by atoms with Gasteiger partial charge in [-0.3, -0.25) is 14.3 Å². The second-order valence-corrected chi connectivity index (χ2v) is 10.4. The van der Waals surface area contributed by atoms with E-state index in [1.807, 2.05) is 6.07 Å². The van der Waals surface area contributed by atoms with Crippen LogP contribution in [0, 0.1) is 13.8 Å². The lowest BCUT2D eigenvalue weighted by molar-refractivity contribution is 0.0599. The van der Waals surface area contributed by atoms with E-state index in [1.165, 1.54) is 18.9 Å². The third kappa shape index (κ3) is 5.59. The summed E-state index contributed by atoms with van der Waals surface area (Å²) in [6, 6.07) is 10.2. The molecule has 0 aliphatic rings. The number of hydrogen-bond acceptors (Lipinski definition) is 8. The molecule has 3 heterocycles. The number of H-pyrrole nitrogens is 1. The minimum atomic E-state index is -2.52. The maximum absolute atomic E-state index is 13.4. The van der Waals surface area contributed by atoms with Crippen LogP contribution in [0.25, 0.3) is 17.1 Å². The summed E-state index contributed by atoms with van der Waals surface area (Å²) < 4.78 is 32.2. The summed E-state index contributed by atoms with van der Waals surface area (Å²) in [4.78, 5) is 33.1. The number of methoxy groups -OCH3 is 1. The number of benzene rings is 1. The van der Waals surface area contributed by atoms with Crippen LogP contribution >= 0.6 is 23.5 Å². The van der Waals surface area contributed by atoms with E-state index in [0.717, 1.165) is 0 Å². The van der Waals surface area contributed by atoms with Crippen molar-refractivity contribution in [3.05, 3.63) is 71.3 Å². The fourth-order valence-electron chi connectivity index (χ4n) is 3.86. The van der Waals surface area contributed by atoms with Crippen molar-refractivity contribution in [2.75, 3.05) is 7.11 Å². The van der Waals surface area contributed by atoms with Gasteiger partial charge < -0.3 is 9.72 Å². The average molecular weight is 544 g/mol. The van der Waals surface area contributed by atoms with E-state index in [9.17, 15) is 18.4 Å². The third-order valence-corrected chi connectivity index (χ3v) is 7.36. The summed E-state index contributed by atoms with van der Waals surface area (Å²) in [5, 5.41) is 8.50. The summed E-state index contributed by atoms with van der Waals surface area (Å²) >= 11 is 1.65. The lowest BCUT2D eigenvalue weighted by atomic mass is 10.1. The van der Waals surface area contributed by atoms with Crippen molar-refractivity contribution in [2.24, 2.45) is 0 Å². The molecule has 37 heavy (non-hydrogen) atoms. The molecule has 4 rings (SSSR count). The number of Topliss-reactive ketones (excluding diaryl/α,β-unsaturated/α-hetero) is 1. The number of carbonyl (C=O) groups is 2. The highest BCUT2D eigenvalue weighted by molar-refractivity contribution is 8.00. The van der Waals surface area contributed by atoms with Crippen molar-refractivity contribution in [1.29, 1.82) is 0 Å². The number of ketones is 1. The van der Waals surface area contributed by atoms with Gasteiger partial charge in [-0.1, -0.05) is 23.5 Å². The van der Waals surface area contributed by atoms with Crippen LogP contribution in [0.2, 0.25) is 0 Å². The first-order chi connectivity index (χ1) is 17.7. The Morgan fingerprint density at radius 1 is 1.08 bits per heavy atom. The molecular weight excluding hydrogens is 520 g/mol. The molecule has 1 atom stereocenters. The zero-order valence-electron chi connectivity index (χ0n) is 20.4. The Morgan fingerprint density at radius 2 is 1.81 bits per heavy atom. The Kier molecular flexibility index (Phi) is 8.08. The number of aryl methyl sites for hydroxylation is 1. The number of halogens is 2. The number of ether oxygens (including phenoxy) is 1. The number of nitrogens with zero attached hydrogens (tertiary/aromatic N) is 4. The van der Waals surface area contributed by atoms with E-state index in [4.69, 9.17) is 4.74 Å². The Bertz CT molecular complexity index is 1420. The summed E-state index contributed by atoms with van der Waals surface area (Å²) in [7, 11) is 1.29. The van der Waals surface area contributed by atoms with Crippen molar-refractivity contribution in [2.45, 2.75) is 41.8 Å². The fourth-order valence-corrected chi connectivity index (χ4v) is 5.28. The predicted molar refractivity (Wildman–Crippen MR) is 138 cm³/mol. The van der Waals surface area contributed by atoms with Gasteiger partial charge in [0, 0.05) is 34.2 Å². The second kappa shape index (κ2) is 11.3. The van der Waals surface area contributed by atoms with Crippen LogP contribution < -0.4 is 0 Å². The number of aromatic amines is 1. The van der Waals surface area contributed by atoms with Crippen LogP contribution in [0.4, 0.5) is 8.78 Å². The van der Waals surface area contributed by atoms with Gasteiger partial charge in [0.25, 0.3) is 5.76 Å². The van der Waals surface area contributed by atoms with Crippen molar-refractivity contribution < 1.29 is 23.1 Å². The number of esters is 1. The van der Waals surface area contributed by atoms with Gasteiger partial charge in [-0.05, 0) is 62.7 Å². The molecule has 8 nitrogen and oxygen atoms in total. The molecular formula is C25H23F2N5O3S2. The van der Waals surface area contributed by atoms with Gasteiger partial charge in [-0.15, -0.1) is 10.2 Å². The van der Waals surface area contributed by atoms with Gasteiger partial charge in [0.2, 0.25) is 0 Å². The van der Waals surface area contributed by atoms with Gasteiger partial charge in [0.15, 0.2) is 16.8 Å². The van der Waals surface area contributed by atoms with Gasteiger partial charge in [-0.25, -0.2) is 4.79 Å². The number of hydrogen-bond donors (Lipinski definition) is 1. The van der Waals surface area contributed by atoms with E-state index < -0.39 is 17.0 Å². The standard InChI is InChI=1S/C25H23F2N5O3S2/c1-13-19(23(34)35-4)14(2)29-20(13)21(33)15(3)36-25-31-30-22(16-6-5-11-28-12-16)32(25)17-7-9-18(10-8-17)37-24(26)27/h5-12,15,24,29H,1-4H3. The first-order valence-electron chi connectivity index (χ1n) is 11.1. The third-order valence-electron chi connectivity index (χ3n) is 5.60. The number of carbonyl (C=O) groups excluding carboxylic acids is 2. The Morgan fingerprint density at radius 3 is 2.43 bits per heavy atom. The lowest BCUT2D eigenvalue weighted by Gasteiger charge is -2.14. The largest absolute Gasteiger partial charge is 0.465 e. The Labute approximate surface area is 220 Å². The normalized spacial score (nSPS) is 12.1. The average Bonchev–Trinajstić information content (AvgIpc) is 3.43. The van der Waals surface area contributed by atoms with Crippen LogP contribution in [0.3, 0.4) is 0 Å². The van der Waals surface area contributed by atoms with E-state index >= 15 is 0 Å². The van der Waals surface area contributed by atoms with Crippen LogP contribution in [0.5, 0.6) is 0 Å². The molecule has 0 radical (unpaired) electrons. The molecule has 1 unspecified atom stereocenters.